The predicted octanol–water partition coefficient (Wildman–Crippen LogP) is 4.20. The van der Waals surface area contributed by atoms with Gasteiger partial charge in [-0.2, -0.15) is 5.10 Å². The first kappa shape index (κ1) is 23.3. The van der Waals surface area contributed by atoms with Crippen LogP contribution < -0.4 is 20.3 Å². The van der Waals surface area contributed by atoms with Crippen molar-refractivity contribution in [2.24, 2.45) is 0 Å². The molecule has 0 saturated heterocycles. The van der Waals surface area contributed by atoms with Crippen LogP contribution >= 0.6 is 11.3 Å². The highest BCUT2D eigenvalue weighted by Gasteiger charge is 2.18. The van der Waals surface area contributed by atoms with Crippen LogP contribution in [0.1, 0.15) is 22.0 Å². The maximum absolute atomic E-state index is 13.1. The molecule has 0 aliphatic rings. The standard InChI is InChI=1S/C26H25N3O4S/c1-17-4-14-23(34-17)22-13-15-25(31)29(28-22)16-24(30)27-26(18-5-9-20(32-2)10-6-18)19-7-11-21(33-3)12-8-19/h4-15,26H,16H2,1-3H3,(H,27,30). The Kier molecular flexibility index (Phi) is 7.08. The molecule has 0 saturated carbocycles. The highest BCUT2D eigenvalue weighted by molar-refractivity contribution is 7.15. The number of carbonyl (C=O) groups excluding carboxylic acids is 1. The quantitative estimate of drug-likeness (QED) is 0.413. The molecule has 2 heterocycles. The summed E-state index contributed by atoms with van der Waals surface area (Å²) >= 11 is 1.59. The number of hydrogen-bond acceptors (Lipinski definition) is 6. The van der Waals surface area contributed by atoms with Crippen LogP contribution in [-0.2, 0) is 11.3 Å². The summed E-state index contributed by atoms with van der Waals surface area (Å²) in [5, 5.41) is 7.46. The minimum absolute atomic E-state index is 0.195. The Balaban J connectivity index is 1.59. The van der Waals surface area contributed by atoms with Crippen LogP contribution in [0, 0.1) is 6.92 Å². The highest BCUT2D eigenvalue weighted by atomic mass is 32.1. The average molecular weight is 476 g/mol. The molecule has 0 aliphatic carbocycles. The fourth-order valence-corrected chi connectivity index (χ4v) is 4.39. The van der Waals surface area contributed by atoms with Gasteiger partial charge in [0.1, 0.15) is 23.7 Å². The van der Waals surface area contributed by atoms with E-state index in [1.807, 2.05) is 67.6 Å². The van der Waals surface area contributed by atoms with Crippen LogP contribution in [-0.4, -0.2) is 29.9 Å². The molecule has 2 aromatic carbocycles. The van der Waals surface area contributed by atoms with Crippen molar-refractivity contribution in [3.8, 4) is 22.1 Å². The van der Waals surface area contributed by atoms with Crippen molar-refractivity contribution in [3.05, 3.63) is 99.2 Å². The molecule has 174 valence electrons. The van der Waals surface area contributed by atoms with Gasteiger partial charge < -0.3 is 14.8 Å². The second-order valence-corrected chi connectivity index (χ2v) is 8.96. The van der Waals surface area contributed by atoms with Gasteiger partial charge in [-0.05, 0) is 60.5 Å². The normalized spacial score (nSPS) is 10.8. The molecule has 0 atom stereocenters. The van der Waals surface area contributed by atoms with Gasteiger partial charge in [0.25, 0.3) is 5.56 Å². The molecule has 1 amide bonds. The average Bonchev–Trinajstić information content (AvgIpc) is 3.30. The van der Waals surface area contributed by atoms with Crippen LogP contribution in [0.4, 0.5) is 0 Å². The minimum atomic E-state index is -0.428. The minimum Gasteiger partial charge on any atom is -0.497 e. The van der Waals surface area contributed by atoms with Crippen molar-refractivity contribution < 1.29 is 14.3 Å². The highest BCUT2D eigenvalue weighted by Crippen LogP contribution is 2.27. The number of nitrogens with one attached hydrogen (secondary N) is 1. The van der Waals surface area contributed by atoms with E-state index in [9.17, 15) is 9.59 Å². The van der Waals surface area contributed by atoms with Crippen molar-refractivity contribution >= 4 is 17.2 Å². The first-order valence-electron chi connectivity index (χ1n) is 10.7. The molecule has 34 heavy (non-hydrogen) atoms. The predicted molar refractivity (Wildman–Crippen MR) is 133 cm³/mol. The molecule has 8 heteroatoms. The smallest absolute Gasteiger partial charge is 0.267 e. The summed E-state index contributed by atoms with van der Waals surface area (Å²) < 4.78 is 11.7. The van der Waals surface area contributed by atoms with E-state index in [0.717, 1.165) is 32.4 Å². The Labute approximate surface area is 201 Å². The first-order chi connectivity index (χ1) is 16.5. The number of thiophene rings is 1. The largest absolute Gasteiger partial charge is 0.497 e. The van der Waals surface area contributed by atoms with E-state index in [0.29, 0.717) is 5.69 Å². The lowest BCUT2D eigenvalue weighted by atomic mass is 9.98. The van der Waals surface area contributed by atoms with Crippen LogP contribution in [0.25, 0.3) is 10.6 Å². The van der Waals surface area contributed by atoms with Gasteiger partial charge in [0.05, 0.1) is 25.1 Å². The van der Waals surface area contributed by atoms with Gasteiger partial charge in [-0.3, -0.25) is 9.59 Å². The number of rotatable bonds is 8. The van der Waals surface area contributed by atoms with Gasteiger partial charge in [0.2, 0.25) is 5.91 Å². The van der Waals surface area contributed by atoms with E-state index in [-0.39, 0.29) is 18.0 Å². The second kappa shape index (κ2) is 10.4. The van der Waals surface area contributed by atoms with Gasteiger partial charge in [-0.15, -0.1) is 11.3 Å². The molecule has 4 aromatic rings. The SMILES string of the molecule is COc1ccc(C(NC(=O)Cn2nc(-c3ccc(C)s3)ccc2=O)c2ccc(OC)cc2)cc1. The molecule has 1 N–H and O–H groups in total. The van der Waals surface area contributed by atoms with Crippen LogP contribution in [0.2, 0.25) is 0 Å². The summed E-state index contributed by atoms with van der Waals surface area (Å²) in [5.41, 5.74) is 2.08. The summed E-state index contributed by atoms with van der Waals surface area (Å²) in [6.45, 7) is 1.82. The number of benzene rings is 2. The topological polar surface area (TPSA) is 82.5 Å². The monoisotopic (exact) mass is 475 g/mol. The number of aromatic nitrogens is 2. The zero-order valence-corrected chi connectivity index (χ0v) is 20.0. The van der Waals surface area contributed by atoms with Gasteiger partial charge in [-0.25, -0.2) is 4.68 Å². The van der Waals surface area contributed by atoms with Crippen molar-refractivity contribution in [1.29, 1.82) is 0 Å². The second-order valence-electron chi connectivity index (χ2n) is 7.67. The van der Waals surface area contributed by atoms with Crippen molar-refractivity contribution in [2.75, 3.05) is 14.2 Å². The Morgan fingerprint density at radius 3 is 2.00 bits per heavy atom. The Bertz CT molecular complexity index is 1280. The van der Waals surface area contributed by atoms with Gasteiger partial charge in [-0.1, -0.05) is 24.3 Å². The lowest BCUT2D eigenvalue weighted by Gasteiger charge is -2.21. The zero-order valence-electron chi connectivity index (χ0n) is 19.1. The molecule has 0 radical (unpaired) electrons. The summed E-state index contributed by atoms with van der Waals surface area (Å²) in [6, 6.07) is 21.6. The Morgan fingerprint density at radius 2 is 1.50 bits per heavy atom. The van der Waals surface area contributed by atoms with E-state index in [4.69, 9.17) is 9.47 Å². The molecule has 7 nitrogen and oxygen atoms in total. The van der Waals surface area contributed by atoms with Crippen LogP contribution in [0.3, 0.4) is 0 Å². The molecule has 0 spiro atoms. The van der Waals surface area contributed by atoms with Gasteiger partial charge in [0.15, 0.2) is 0 Å². The lowest BCUT2D eigenvalue weighted by Crippen LogP contribution is -2.36. The number of carbonyl (C=O) groups is 1. The fourth-order valence-electron chi connectivity index (χ4n) is 3.56. The zero-order chi connectivity index (χ0) is 24.1. The van der Waals surface area contributed by atoms with Crippen molar-refractivity contribution in [3.63, 3.8) is 0 Å². The first-order valence-corrected chi connectivity index (χ1v) is 11.5. The summed E-state index contributed by atoms with van der Waals surface area (Å²) in [7, 11) is 3.21. The summed E-state index contributed by atoms with van der Waals surface area (Å²) in [6.07, 6.45) is 0. The van der Waals surface area contributed by atoms with E-state index in [1.165, 1.54) is 10.7 Å². The molecule has 2 aromatic heterocycles. The third kappa shape index (κ3) is 5.35. The van der Waals surface area contributed by atoms with Crippen molar-refractivity contribution in [1.82, 2.24) is 15.1 Å². The van der Waals surface area contributed by atoms with Gasteiger partial charge >= 0.3 is 0 Å². The maximum Gasteiger partial charge on any atom is 0.267 e. The number of ether oxygens (including phenoxy) is 2. The third-order valence-electron chi connectivity index (χ3n) is 5.36. The molecule has 0 bridgehead atoms. The van der Waals surface area contributed by atoms with Crippen LogP contribution in [0.15, 0.2) is 77.6 Å². The molecule has 0 unspecified atom stereocenters. The number of aryl methyl sites for hydroxylation is 1. The third-order valence-corrected chi connectivity index (χ3v) is 6.38. The Morgan fingerprint density at radius 1 is 0.912 bits per heavy atom. The molecule has 4 rings (SSSR count). The van der Waals surface area contributed by atoms with Gasteiger partial charge in [0, 0.05) is 10.9 Å². The van der Waals surface area contributed by atoms with E-state index in [1.54, 1.807) is 31.6 Å². The number of hydrogen-bond donors (Lipinski definition) is 1. The molecular weight excluding hydrogens is 450 g/mol. The fraction of sp³-hybridized carbons (Fsp3) is 0.192. The Hall–Kier alpha value is -3.91. The van der Waals surface area contributed by atoms with E-state index in [2.05, 4.69) is 10.4 Å². The van der Waals surface area contributed by atoms with E-state index < -0.39 is 6.04 Å². The molecule has 0 aliphatic heterocycles. The van der Waals surface area contributed by atoms with E-state index >= 15 is 0 Å². The van der Waals surface area contributed by atoms with Crippen LogP contribution in [0.5, 0.6) is 11.5 Å². The molecular formula is C26H25N3O4S. The number of nitrogens with zero attached hydrogens (tertiary/aromatic N) is 2. The number of methoxy groups -OCH3 is 2. The molecule has 0 fully saturated rings. The summed E-state index contributed by atoms with van der Waals surface area (Å²) in [4.78, 5) is 27.6. The summed E-state index contributed by atoms with van der Waals surface area (Å²) in [5.74, 6) is 1.12. The van der Waals surface area contributed by atoms with Crippen molar-refractivity contribution in [2.45, 2.75) is 19.5 Å². The maximum atomic E-state index is 13.1. The lowest BCUT2D eigenvalue weighted by molar-refractivity contribution is -0.122. The number of amides is 1.